The summed E-state index contributed by atoms with van der Waals surface area (Å²) in [7, 11) is 0. The normalized spacial score (nSPS) is 19.3. The summed E-state index contributed by atoms with van der Waals surface area (Å²) < 4.78 is 4.74. The van der Waals surface area contributed by atoms with Gasteiger partial charge in [-0.3, -0.25) is 4.79 Å². The molecule has 0 spiro atoms. The third-order valence-electron chi connectivity index (χ3n) is 3.60. The van der Waals surface area contributed by atoms with E-state index in [1.54, 1.807) is 0 Å². The summed E-state index contributed by atoms with van der Waals surface area (Å²) in [6, 6.07) is 5.79. The Morgan fingerprint density at radius 1 is 1.47 bits per heavy atom. The van der Waals surface area contributed by atoms with Crippen molar-refractivity contribution in [3.63, 3.8) is 0 Å². The molecule has 2 heterocycles. The Morgan fingerprint density at radius 3 is 3.16 bits per heavy atom. The van der Waals surface area contributed by atoms with Crippen LogP contribution in [0.25, 0.3) is 11.0 Å². The predicted octanol–water partition coefficient (Wildman–Crippen LogP) is 1.80. The van der Waals surface area contributed by atoms with E-state index in [1.807, 2.05) is 29.2 Å². The number of benzene rings is 1. The van der Waals surface area contributed by atoms with E-state index in [2.05, 4.69) is 16.9 Å². The summed E-state index contributed by atoms with van der Waals surface area (Å²) in [4.78, 5) is 13.7. The third kappa shape index (κ3) is 2.23. The zero-order valence-corrected chi connectivity index (χ0v) is 10.6. The number of carbonyl (C=O) groups excluding carboxylic acids is 1. The van der Waals surface area contributed by atoms with Gasteiger partial charge in [0.05, 0.1) is 0 Å². The second-order valence-electron chi connectivity index (χ2n) is 4.84. The van der Waals surface area contributed by atoms with Crippen molar-refractivity contribution in [2.75, 3.05) is 13.1 Å². The van der Waals surface area contributed by atoms with E-state index in [0.717, 1.165) is 29.6 Å². The van der Waals surface area contributed by atoms with Crippen LogP contribution in [0.1, 0.15) is 12.0 Å². The zero-order chi connectivity index (χ0) is 13.2. The van der Waals surface area contributed by atoms with Crippen molar-refractivity contribution in [3.8, 4) is 0 Å². The van der Waals surface area contributed by atoms with Gasteiger partial charge in [-0.1, -0.05) is 18.2 Å². The minimum atomic E-state index is 0.204. The van der Waals surface area contributed by atoms with Crippen LogP contribution in [-0.4, -0.2) is 34.2 Å². The van der Waals surface area contributed by atoms with Gasteiger partial charge >= 0.3 is 0 Å². The van der Waals surface area contributed by atoms with Gasteiger partial charge in [-0.05, 0) is 28.4 Å². The molecule has 98 valence electrons. The number of amides is 1. The molecule has 19 heavy (non-hydrogen) atoms. The van der Waals surface area contributed by atoms with Crippen LogP contribution in [0.5, 0.6) is 0 Å². The molecule has 1 aromatic heterocycles. The van der Waals surface area contributed by atoms with Gasteiger partial charge < -0.3 is 4.90 Å². The summed E-state index contributed by atoms with van der Waals surface area (Å²) in [5, 5.41) is 7.73. The standard InChI is InChI=1S/C14H15N3O2/c1-2-10-8-13(18)17(9-10)7-6-11-4-3-5-12-14(11)16-19-15-12/h2-5,10H,1,6-9H2. The molecule has 1 aliphatic rings. The summed E-state index contributed by atoms with van der Waals surface area (Å²) >= 11 is 0. The first-order chi connectivity index (χ1) is 9.28. The minimum Gasteiger partial charge on any atom is -0.342 e. The topological polar surface area (TPSA) is 59.2 Å². The average Bonchev–Trinajstić information content (AvgIpc) is 3.02. The Bertz CT molecular complexity index is 620. The largest absolute Gasteiger partial charge is 0.342 e. The van der Waals surface area contributed by atoms with Gasteiger partial charge in [0.15, 0.2) is 0 Å². The van der Waals surface area contributed by atoms with E-state index in [-0.39, 0.29) is 11.8 Å². The lowest BCUT2D eigenvalue weighted by Crippen LogP contribution is -2.27. The molecule has 1 fully saturated rings. The fourth-order valence-corrected chi connectivity index (χ4v) is 2.50. The minimum absolute atomic E-state index is 0.204. The van der Waals surface area contributed by atoms with Crippen molar-refractivity contribution in [3.05, 3.63) is 36.4 Å². The molecule has 0 bridgehead atoms. The molecule has 0 radical (unpaired) electrons. The van der Waals surface area contributed by atoms with Crippen molar-refractivity contribution < 1.29 is 9.42 Å². The Morgan fingerprint density at radius 2 is 2.37 bits per heavy atom. The van der Waals surface area contributed by atoms with Crippen LogP contribution in [0.4, 0.5) is 0 Å². The SMILES string of the molecule is C=CC1CC(=O)N(CCc2cccc3nonc23)C1. The molecule has 1 aliphatic heterocycles. The average molecular weight is 257 g/mol. The Labute approximate surface area is 110 Å². The smallest absolute Gasteiger partial charge is 0.223 e. The van der Waals surface area contributed by atoms with Gasteiger partial charge in [0.1, 0.15) is 11.0 Å². The monoisotopic (exact) mass is 257 g/mol. The quantitative estimate of drug-likeness (QED) is 0.784. The molecule has 1 amide bonds. The molecule has 1 saturated heterocycles. The molecule has 0 N–H and O–H groups in total. The van der Waals surface area contributed by atoms with Crippen molar-refractivity contribution in [1.29, 1.82) is 0 Å². The number of rotatable bonds is 4. The first-order valence-electron chi connectivity index (χ1n) is 6.38. The van der Waals surface area contributed by atoms with Crippen LogP contribution in [-0.2, 0) is 11.2 Å². The zero-order valence-electron chi connectivity index (χ0n) is 10.6. The number of nitrogens with zero attached hydrogens (tertiary/aromatic N) is 3. The van der Waals surface area contributed by atoms with E-state index in [4.69, 9.17) is 4.63 Å². The van der Waals surface area contributed by atoms with Crippen LogP contribution in [0.15, 0.2) is 35.5 Å². The van der Waals surface area contributed by atoms with Crippen molar-refractivity contribution in [2.24, 2.45) is 5.92 Å². The summed E-state index contributed by atoms with van der Waals surface area (Å²) in [5.41, 5.74) is 2.61. The molecule has 2 aromatic rings. The highest BCUT2D eigenvalue weighted by Gasteiger charge is 2.27. The maximum atomic E-state index is 11.8. The van der Waals surface area contributed by atoms with E-state index in [9.17, 15) is 4.79 Å². The van der Waals surface area contributed by atoms with Crippen molar-refractivity contribution in [2.45, 2.75) is 12.8 Å². The van der Waals surface area contributed by atoms with E-state index < -0.39 is 0 Å². The second kappa shape index (κ2) is 4.84. The number of likely N-dealkylation sites (tertiary alicyclic amines) is 1. The molecular formula is C14H15N3O2. The van der Waals surface area contributed by atoms with Crippen molar-refractivity contribution in [1.82, 2.24) is 15.2 Å². The molecule has 3 rings (SSSR count). The number of hydrogen-bond donors (Lipinski definition) is 0. The first kappa shape index (κ1) is 11.9. The molecule has 0 saturated carbocycles. The van der Waals surface area contributed by atoms with E-state index >= 15 is 0 Å². The lowest BCUT2D eigenvalue weighted by atomic mass is 10.1. The third-order valence-corrected chi connectivity index (χ3v) is 3.60. The van der Waals surface area contributed by atoms with Crippen LogP contribution in [0.3, 0.4) is 0 Å². The second-order valence-corrected chi connectivity index (χ2v) is 4.84. The van der Waals surface area contributed by atoms with Crippen LogP contribution in [0.2, 0.25) is 0 Å². The fourth-order valence-electron chi connectivity index (χ4n) is 2.50. The molecule has 5 nitrogen and oxygen atoms in total. The van der Waals surface area contributed by atoms with Gasteiger partial charge in [-0.25, -0.2) is 4.63 Å². The van der Waals surface area contributed by atoms with Crippen LogP contribution in [0, 0.1) is 5.92 Å². The van der Waals surface area contributed by atoms with Crippen LogP contribution >= 0.6 is 0 Å². The molecular weight excluding hydrogens is 242 g/mol. The maximum Gasteiger partial charge on any atom is 0.223 e. The summed E-state index contributed by atoms with van der Waals surface area (Å²) in [6.45, 7) is 5.23. The van der Waals surface area contributed by atoms with E-state index in [1.165, 1.54) is 0 Å². The highest BCUT2D eigenvalue weighted by Crippen LogP contribution is 2.20. The Kier molecular flexibility index (Phi) is 3.03. The number of fused-ring (bicyclic) bond motifs is 1. The fraction of sp³-hybridized carbons (Fsp3) is 0.357. The van der Waals surface area contributed by atoms with E-state index in [0.29, 0.717) is 13.0 Å². The van der Waals surface area contributed by atoms with Crippen molar-refractivity contribution >= 4 is 16.9 Å². The predicted molar refractivity (Wildman–Crippen MR) is 70.4 cm³/mol. The lowest BCUT2D eigenvalue weighted by molar-refractivity contribution is -0.127. The highest BCUT2D eigenvalue weighted by atomic mass is 16.6. The summed E-state index contributed by atoms with van der Waals surface area (Å²) in [6.07, 6.45) is 3.21. The molecule has 0 aliphatic carbocycles. The Balaban J connectivity index is 1.71. The number of aromatic nitrogens is 2. The van der Waals surface area contributed by atoms with Gasteiger partial charge in [-0.2, -0.15) is 0 Å². The lowest BCUT2D eigenvalue weighted by Gasteiger charge is -2.15. The number of hydrogen-bond acceptors (Lipinski definition) is 4. The van der Waals surface area contributed by atoms with Gasteiger partial charge in [-0.15, -0.1) is 6.58 Å². The van der Waals surface area contributed by atoms with Gasteiger partial charge in [0.25, 0.3) is 0 Å². The van der Waals surface area contributed by atoms with Crippen LogP contribution < -0.4 is 0 Å². The van der Waals surface area contributed by atoms with Gasteiger partial charge in [0.2, 0.25) is 5.91 Å². The first-order valence-corrected chi connectivity index (χ1v) is 6.38. The number of carbonyl (C=O) groups is 1. The molecule has 5 heteroatoms. The highest BCUT2D eigenvalue weighted by molar-refractivity contribution is 5.79. The molecule has 1 aromatic carbocycles. The Hall–Kier alpha value is -2.17. The molecule has 1 unspecified atom stereocenters. The molecule has 1 atom stereocenters. The summed E-state index contributed by atoms with van der Waals surface area (Å²) in [5.74, 6) is 0.493. The maximum absolute atomic E-state index is 11.8. The van der Waals surface area contributed by atoms with Gasteiger partial charge in [0, 0.05) is 25.4 Å².